The summed E-state index contributed by atoms with van der Waals surface area (Å²) in [6.45, 7) is 0. The first-order valence-corrected chi connectivity index (χ1v) is 8.25. The van der Waals surface area contributed by atoms with Crippen molar-refractivity contribution in [3.05, 3.63) is 101 Å². The van der Waals surface area contributed by atoms with Crippen LogP contribution in [0.3, 0.4) is 0 Å². The molecule has 1 atom stereocenters. The van der Waals surface area contributed by atoms with Crippen molar-refractivity contribution in [2.24, 2.45) is 0 Å². The van der Waals surface area contributed by atoms with E-state index in [2.05, 4.69) is 48.5 Å². The number of benzene rings is 3. The van der Waals surface area contributed by atoms with E-state index in [1.807, 2.05) is 24.3 Å². The van der Waals surface area contributed by atoms with E-state index >= 15 is 0 Å². The highest BCUT2D eigenvalue weighted by Gasteiger charge is 2.31. The third-order valence-electron chi connectivity index (χ3n) is 4.91. The second-order valence-corrected chi connectivity index (χ2v) is 6.27. The first-order chi connectivity index (χ1) is 11.8. The lowest BCUT2D eigenvalue weighted by Gasteiger charge is -2.32. The second-order valence-electron chi connectivity index (χ2n) is 6.27. The number of aliphatic hydroxyl groups excluding tert-OH is 1. The van der Waals surface area contributed by atoms with Gasteiger partial charge in [0.05, 0.1) is 13.2 Å². The molecule has 0 fully saturated rings. The summed E-state index contributed by atoms with van der Waals surface area (Å²) in [7, 11) is 1.65. The van der Waals surface area contributed by atoms with Gasteiger partial charge in [0.15, 0.2) is 0 Å². The molecule has 24 heavy (non-hydrogen) atoms. The molecule has 0 radical (unpaired) electrons. The summed E-state index contributed by atoms with van der Waals surface area (Å²) < 4.78 is 5.32. The molecule has 0 saturated heterocycles. The molecule has 0 bridgehead atoms. The van der Waals surface area contributed by atoms with Crippen LogP contribution in [0.5, 0.6) is 5.75 Å². The molecule has 4 rings (SSSR count). The normalized spacial score (nSPS) is 14.6. The lowest BCUT2D eigenvalue weighted by atomic mass is 9.74. The van der Waals surface area contributed by atoms with Crippen molar-refractivity contribution in [3.8, 4) is 5.75 Å². The van der Waals surface area contributed by atoms with Crippen LogP contribution in [-0.2, 0) is 6.42 Å². The third-order valence-corrected chi connectivity index (χ3v) is 4.91. The molecule has 0 spiro atoms. The van der Waals surface area contributed by atoms with Crippen LogP contribution in [0.25, 0.3) is 0 Å². The van der Waals surface area contributed by atoms with Gasteiger partial charge in [0.1, 0.15) is 5.75 Å². The fraction of sp³-hybridized carbons (Fsp3) is 0.182. The van der Waals surface area contributed by atoms with Crippen molar-refractivity contribution in [2.75, 3.05) is 7.11 Å². The van der Waals surface area contributed by atoms with E-state index in [0.29, 0.717) is 0 Å². The van der Waals surface area contributed by atoms with Crippen molar-refractivity contribution in [3.63, 3.8) is 0 Å². The minimum atomic E-state index is -0.609. The molecule has 0 aromatic heterocycles. The van der Waals surface area contributed by atoms with Crippen molar-refractivity contribution >= 4 is 0 Å². The highest BCUT2D eigenvalue weighted by Crippen LogP contribution is 2.44. The number of aliphatic hydroxyl groups is 1. The van der Waals surface area contributed by atoms with Crippen LogP contribution in [0.15, 0.2) is 72.8 Å². The molecule has 120 valence electrons. The Hall–Kier alpha value is -2.58. The molecule has 1 aliphatic carbocycles. The van der Waals surface area contributed by atoms with Crippen LogP contribution in [0.2, 0.25) is 0 Å². The van der Waals surface area contributed by atoms with Gasteiger partial charge in [0.2, 0.25) is 0 Å². The molecule has 1 N–H and O–H groups in total. The molecule has 3 aromatic rings. The summed E-state index contributed by atoms with van der Waals surface area (Å²) in [5, 5.41) is 11.2. The van der Waals surface area contributed by atoms with Gasteiger partial charge in [-0.25, -0.2) is 0 Å². The topological polar surface area (TPSA) is 29.5 Å². The maximum atomic E-state index is 11.2. The van der Waals surface area contributed by atoms with Crippen LogP contribution in [0.1, 0.15) is 39.8 Å². The Bertz CT molecular complexity index is 824. The summed E-state index contributed by atoms with van der Waals surface area (Å²) in [5.74, 6) is 0.710. The Labute approximate surface area is 142 Å². The molecule has 2 heteroatoms. The first kappa shape index (κ1) is 15.0. The fourth-order valence-electron chi connectivity index (χ4n) is 3.73. The van der Waals surface area contributed by atoms with Crippen LogP contribution in [-0.4, -0.2) is 12.2 Å². The Kier molecular flexibility index (Phi) is 3.83. The van der Waals surface area contributed by atoms with Crippen LogP contribution >= 0.6 is 0 Å². The van der Waals surface area contributed by atoms with E-state index in [1.54, 1.807) is 7.11 Å². The van der Waals surface area contributed by atoms with E-state index < -0.39 is 6.10 Å². The van der Waals surface area contributed by atoms with Crippen LogP contribution in [0, 0.1) is 0 Å². The standard InChI is InChI=1S/C22H20O2/c1-24-18-10-6-9-17(14-18)22(23)21-19-11-4-2-7-15(19)13-16-8-3-5-12-20(16)21/h2-12,14,21-23H,13H2,1H3. The van der Waals surface area contributed by atoms with Crippen LogP contribution in [0.4, 0.5) is 0 Å². The molecule has 0 saturated carbocycles. The largest absolute Gasteiger partial charge is 0.497 e. The molecule has 1 aliphatic rings. The van der Waals surface area contributed by atoms with Gasteiger partial charge < -0.3 is 9.84 Å². The lowest BCUT2D eigenvalue weighted by molar-refractivity contribution is 0.157. The number of fused-ring (bicyclic) bond motifs is 2. The highest BCUT2D eigenvalue weighted by molar-refractivity contribution is 5.51. The molecular weight excluding hydrogens is 296 g/mol. The summed E-state index contributed by atoms with van der Waals surface area (Å²) in [6.07, 6.45) is 0.316. The van der Waals surface area contributed by atoms with Crippen LogP contribution < -0.4 is 4.74 Å². The van der Waals surface area contributed by atoms with Gasteiger partial charge in [-0.2, -0.15) is 0 Å². The summed E-state index contributed by atoms with van der Waals surface area (Å²) >= 11 is 0. The van der Waals surface area contributed by atoms with Crippen molar-refractivity contribution in [1.82, 2.24) is 0 Å². The van der Waals surface area contributed by atoms with Crippen molar-refractivity contribution in [2.45, 2.75) is 18.4 Å². The average Bonchev–Trinajstić information content (AvgIpc) is 2.65. The number of hydrogen-bond donors (Lipinski definition) is 1. The van der Waals surface area contributed by atoms with E-state index in [0.717, 1.165) is 17.7 Å². The minimum Gasteiger partial charge on any atom is -0.497 e. The van der Waals surface area contributed by atoms with Gasteiger partial charge in [-0.3, -0.25) is 0 Å². The first-order valence-electron chi connectivity index (χ1n) is 8.25. The zero-order valence-corrected chi connectivity index (χ0v) is 13.6. The number of hydrogen-bond acceptors (Lipinski definition) is 2. The Morgan fingerprint density at radius 2 is 1.50 bits per heavy atom. The summed E-state index contributed by atoms with van der Waals surface area (Å²) in [4.78, 5) is 0. The van der Waals surface area contributed by atoms with E-state index in [1.165, 1.54) is 22.3 Å². The predicted octanol–water partition coefficient (Wildman–Crippen LogP) is 4.46. The van der Waals surface area contributed by atoms with Gasteiger partial charge in [-0.1, -0.05) is 60.7 Å². The lowest BCUT2D eigenvalue weighted by Crippen LogP contribution is -2.20. The van der Waals surface area contributed by atoms with Gasteiger partial charge in [-0.15, -0.1) is 0 Å². The Balaban J connectivity index is 1.84. The molecule has 3 aromatic carbocycles. The average molecular weight is 316 g/mol. The highest BCUT2D eigenvalue weighted by atomic mass is 16.5. The van der Waals surface area contributed by atoms with Gasteiger partial charge in [0, 0.05) is 5.92 Å². The molecular formula is C22H20O2. The van der Waals surface area contributed by atoms with Gasteiger partial charge in [0.25, 0.3) is 0 Å². The summed E-state index contributed by atoms with van der Waals surface area (Å²) in [5.41, 5.74) is 5.90. The quantitative estimate of drug-likeness (QED) is 0.773. The minimum absolute atomic E-state index is 0.0572. The smallest absolute Gasteiger partial charge is 0.119 e. The monoisotopic (exact) mass is 316 g/mol. The van der Waals surface area contributed by atoms with E-state index in [4.69, 9.17) is 4.74 Å². The van der Waals surface area contributed by atoms with Gasteiger partial charge in [-0.05, 0) is 46.4 Å². The predicted molar refractivity (Wildman–Crippen MR) is 95.5 cm³/mol. The SMILES string of the molecule is COc1cccc(C(O)C2c3ccccc3Cc3ccccc32)c1. The second kappa shape index (κ2) is 6.14. The molecule has 0 heterocycles. The maximum Gasteiger partial charge on any atom is 0.119 e. The Morgan fingerprint density at radius 1 is 0.875 bits per heavy atom. The number of ether oxygens (including phenoxy) is 1. The van der Waals surface area contributed by atoms with Crippen molar-refractivity contribution < 1.29 is 9.84 Å². The third kappa shape index (κ3) is 2.49. The molecule has 0 amide bonds. The van der Waals surface area contributed by atoms with E-state index in [-0.39, 0.29) is 5.92 Å². The Morgan fingerprint density at radius 3 is 2.12 bits per heavy atom. The van der Waals surface area contributed by atoms with Crippen molar-refractivity contribution in [1.29, 1.82) is 0 Å². The molecule has 2 nitrogen and oxygen atoms in total. The maximum absolute atomic E-state index is 11.2. The zero-order chi connectivity index (χ0) is 16.5. The fourth-order valence-corrected chi connectivity index (χ4v) is 3.73. The van der Waals surface area contributed by atoms with E-state index in [9.17, 15) is 5.11 Å². The molecule has 1 unspecified atom stereocenters. The number of methoxy groups -OCH3 is 1. The zero-order valence-electron chi connectivity index (χ0n) is 13.6. The molecule has 0 aliphatic heterocycles. The van der Waals surface area contributed by atoms with Gasteiger partial charge >= 0.3 is 0 Å². The number of rotatable bonds is 3. The summed E-state index contributed by atoms with van der Waals surface area (Å²) in [6, 6.07) is 24.6.